The van der Waals surface area contributed by atoms with E-state index in [9.17, 15) is 9.59 Å². The van der Waals surface area contributed by atoms with Gasteiger partial charge in [-0.3, -0.25) is 9.59 Å². The predicted molar refractivity (Wildman–Crippen MR) is 107 cm³/mol. The molecule has 0 saturated heterocycles. The first-order valence-corrected chi connectivity index (χ1v) is 9.05. The molecule has 0 aromatic heterocycles. The van der Waals surface area contributed by atoms with E-state index in [1.807, 2.05) is 50.2 Å². The van der Waals surface area contributed by atoms with Crippen molar-refractivity contribution in [1.82, 2.24) is 10.2 Å². The molecular formula is C22H28N2O3. The number of rotatable bonds is 7. The molecule has 0 aliphatic rings. The molecule has 0 fully saturated rings. The molecule has 27 heavy (non-hydrogen) atoms. The number of aryl methyl sites for hydroxylation is 2. The molecule has 1 atom stereocenters. The number of likely N-dealkylation sites (N-methyl/N-ethyl adjacent to an activating group) is 1. The van der Waals surface area contributed by atoms with E-state index in [2.05, 4.69) is 11.4 Å². The van der Waals surface area contributed by atoms with Gasteiger partial charge in [-0.25, -0.2) is 0 Å². The van der Waals surface area contributed by atoms with Crippen molar-refractivity contribution in [2.45, 2.75) is 39.8 Å². The van der Waals surface area contributed by atoms with Crippen LogP contribution in [0.2, 0.25) is 0 Å². The summed E-state index contributed by atoms with van der Waals surface area (Å²) in [5, 5.41) is 2.63. The topological polar surface area (TPSA) is 58.6 Å². The standard InChI is InChI=1S/C22H28N2O3/c1-15-9-16(2)11-19(10-15)13-21(25)24(17(3)22(26)23-4)14-18-7-6-8-20(12-18)27-5/h6-12,17H,13-14H2,1-5H3,(H,23,26)/t17-/m0/s1. The van der Waals surface area contributed by atoms with Crippen LogP contribution in [0.3, 0.4) is 0 Å². The van der Waals surface area contributed by atoms with Crippen LogP contribution in [-0.4, -0.2) is 36.9 Å². The second kappa shape index (κ2) is 9.21. The number of methoxy groups -OCH3 is 1. The first-order chi connectivity index (χ1) is 12.8. The van der Waals surface area contributed by atoms with E-state index in [0.29, 0.717) is 6.54 Å². The third-order valence-corrected chi connectivity index (χ3v) is 4.54. The van der Waals surface area contributed by atoms with Gasteiger partial charge < -0.3 is 15.0 Å². The zero-order valence-electron chi connectivity index (χ0n) is 16.7. The normalized spacial score (nSPS) is 11.6. The lowest BCUT2D eigenvalue weighted by atomic mass is 10.0. The Bertz CT molecular complexity index is 797. The van der Waals surface area contributed by atoms with Gasteiger partial charge in [0.1, 0.15) is 11.8 Å². The van der Waals surface area contributed by atoms with Crippen molar-refractivity contribution in [3.63, 3.8) is 0 Å². The Morgan fingerprint density at radius 3 is 2.33 bits per heavy atom. The van der Waals surface area contributed by atoms with Crippen LogP contribution in [0.5, 0.6) is 5.75 Å². The molecule has 0 spiro atoms. The summed E-state index contributed by atoms with van der Waals surface area (Å²) in [5.41, 5.74) is 4.11. The highest BCUT2D eigenvalue weighted by atomic mass is 16.5. The van der Waals surface area contributed by atoms with Crippen molar-refractivity contribution in [1.29, 1.82) is 0 Å². The smallest absolute Gasteiger partial charge is 0.242 e. The molecule has 0 radical (unpaired) electrons. The molecule has 2 amide bonds. The molecule has 2 aromatic carbocycles. The monoisotopic (exact) mass is 368 g/mol. The maximum atomic E-state index is 13.1. The lowest BCUT2D eigenvalue weighted by Crippen LogP contribution is -2.47. The molecule has 0 unspecified atom stereocenters. The van der Waals surface area contributed by atoms with E-state index in [4.69, 9.17) is 4.74 Å². The summed E-state index contributed by atoms with van der Waals surface area (Å²) in [6.07, 6.45) is 0.258. The number of nitrogens with zero attached hydrogens (tertiary/aromatic N) is 1. The number of carbonyl (C=O) groups excluding carboxylic acids is 2. The third kappa shape index (κ3) is 5.58. The highest BCUT2D eigenvalue weighted by molar-refractivity contribution is 5.88. The van der Waals surface area contributed by atoms with Crippen molar-refractivity contribution in [3.05, 3.63) is 64.7 Å². The number of hydrogen-bond donors (Lipinski definition) is 1. The van der Waals surface area contributed by atoms with Gasteiger partial charge in [-0.1, -0.05) is 41.5 Å². The number of ether oxygens (including phenoxy) is 1. The zero-order chi connectivity index (χ0) is 20.0. The minimum absolute atomic E-state index is 0.0843. The predicted octanol–water partition coefficient (Wildman–Crippen LogP) is 3.02. The molecule has 0 saturated carbocycles. The molecule has 1 N–H and O–H groups in total. The van der Waals surface area contributed by atoms with Gasteiger partial charge in [-0.2, -0.15) is 0 Å². The fraction of sp³-hybridized carbons (Fsp3) is 0.364. The van der Waals surface area contributed by atoms with Crippen LogP contribution in [0.4, 0.5) is 0 Å². The molecule has 144 valence electrons. The first-order valence-electron chi connectivity index (χ1n) is 9.05. The van der Waals surface area contributed by atoms with Crippen LogP contribution in [0.25, 0.3) is 0 Å². The molecule has 2 rings (SSSR count). The van der Waals surface area contributed by atoms with Gasteiger partial charge >= 0.3 is 0 Å². The molecule has 0 bridgehead atoms. The summed E-state index contributed by atoms with van der Waals surface area (Å²) in [4.78, 5) is 26.9. The minimum Gasteiger partial charge on any atom is -0.497 e. The highest BCUT2D eigenvalue weighted by Crippen LogP contribution is 2.18. The zero-order valence-corrected chi connectivity index (χ0v) is 16.7. The van der Waals surface area contributed by atoms with Crippen molar-refractivity contribution in [3.8, 4) is 5.75 Å². The summed E-state index contributed by atoms with van der Waals surface area (Å²) in [6.45, 7) is 6.12. The van der Waals surface area contributed by atoms with Crippen molar-refractivity contribution >= 4 is 11.8 Å². The lowest BCUT2D eigenvalue weighted by molar-refractivity contribution is -0.139. The van der Waals surface area contributed by atoms with E-state index in [1.165, 1.54) is 0 Å². The van der Waals surface area contributed by atoms with Crippen molar-refractivity contribution in [2.24, 2.45) is 0 Å². The van der Waals surface area contributed by atoms with Gasteiger partial charge in [0.2, 0.25) is 11.8 Å². The Kier molecular flexibility index (Phi) is 6.99. The SMILES string of the molecule is CNC(=O)[C@H](C)N(Cc1cccc(OC)c1)C(=O)Cc1cc(C)cc(C)c1. The van der Waals surface area contributed by atoms with Crippen LogP contribution < -0.4 is 10.1 Å². The number of amides is 2. The van der Waals surface area contributed by atoms with Gasteiger partial charge in [0.25, 0.3) is 0 Å². The van der Waals surface area contributed by atoms with Crippen molar-refractivity contribution in [2.75, 3.05) is 14.2 Å². The van der Waals surface area contributed by atoms with Gasteiger partial charge in [-0.15, -0.1) is 0 Å². The Labute approximate surface area is 161 Å². The van der Waals surface area contributed by atoms with Crippen LogP contribution >= 0.6 is 0 Å². The molecule has 5 heteroatoms. The van der Waals surface area contributed by atoms with Crippen LogP contribution in [0.15, 0.2) is 42.5 Å². The summed E-state index contributed by atoms with van der Waals surface area (Å²) in [7, 11) is 3.19. The minimum atomic E-state index is -0.570. The molecule has 2 aromatic rings. The maximum Gasteiger partial charge on any atom is 0.242 e. The Morgan fingerprint density at radius 2 is 1.74 bits per heavy atom. The van der Waals surface area contributed by atoms with Crippen LogP contribution in [-0.2, 0) is 22.6 Å². The second-order valence-electron chi connectivity index (χ2n) is 6.84. The highest BCUT2D eigenvalue weighted by Gasteiger charge is 2.25. The summed E-state index contributed by atoms with van der Waals surface area (Å²) in [5.74, 6) is 0.451. The van der Waals surface area contributed by atoms with E-state index in [1.54, 1.807) is 26.0 Å². The maximum absolute atomic E-state index is 13.1. The fourth-order valence-corrected chi connectivity index (χ4v) is 3.21. The van der Waals surface area contributed by atoms with E-state index < -0.39 is 6.04 Å². The van der Waals surface area contributed by atoms with E-state index in [-0.39, 0.29) is 18.2 Å². The fourth-order valence-electron chi connectivity index (χ4n) is 3.21. The van der Waals surface area contributed by atoms with E-state index >= 15 is 0 Å². The van der Waals surface area contributed by atoms with Crippen molar-refractivity contribution < 1.29 is 14.3 Å². The van der Waals surface area contributed by atoms with Crippen LogP contribution in [0.1, 0.15) is 29.2 Å². The second-order valence-corrected chi connectivity index (χ2v) is 6.84. The number of nitrogens with one attached hydrogen (secondary N) is 1. The number of hydrogen-bond acceptors (Lipinski definition) is 3. The molecule has 0 heterocycles. The Morgan fingerprint density at radius 1 is 1.07 bits per heavy atom. The Balaban J connectivity index is 2.27. The average Bonchev–Trinajstić information content (AvgIpc) is 2.64. The van der Waals surface area contributed by atoms with Gasteiger partial charge in [0, 0.05) is 13.6 Å². The van der Waals surface area contributed by atoms with Gasteiger partial charge in [0.05, 0.1) is 13.5 Å². The Hall–Kier alpha value is -2.82. The lowest BCUT2D eigenvalue weighted by Gasteiger charge is -2.28. The van der Waals surface area contributed by atoms with Crippen LogP contribution in [0, 0.1) is 13.8 Å². The molecule has 5 nitrogen and oxygen atoms in total. The largest absolute Gasteiger partial charge is 0.497 e. The molecule has 0 aliphatic carbocycles. The number of benzene rings is 2. The molecule has 0 aliphatic heterocycles. The summed E-state index contributed by atoms with van der Waals surface area (Å²) >= 11 is 0. The quantitative estimate of drug-likeness (QED) is 0.817. The summed E-state index contributed by atoms with van der Waals surface area (Å²) < 4.78 is 5.27. The van der Waals surface area contributed by atoms with Gasteiger partial charge in [-0.05, 0) is 44.0 Å². The third-order valence-electron chi connectivity index (χ3n) is 4.54. The number of carbonyl (C=O) groups is 2. The average molecular weight is 368 g/mol. The van der Waals surface area contributed by atoms with E-state index in [0.717, 1.165) is 28.0 Å². The summed E-state index contributed by atoms with van der Waals surface area (Å²) in [6, 6.07) is 13.1. The first kappa shape index (κ1) is 20.5. The van der Waals surface area contributed by atoms with Gasteiger partial charge in [0.15, 0.2) is 0 Å². The molecular weight excluding hydrogens is 340 g/mol.